The maximum atomic E-state index is 13.3. The zero-order chi connectivity index (χ0) is 24.5. The number of aryl methyl sites for hydroxylation is 1. The van der Waals surface area contributed by atoms with Gasteiger partial charge in [-0.05, 0) is 37.3 Å². The molecule has 0 saturated heterocycles. The van der Waals surface area contributed by atoms with Gasteiger partial charge in [-0.25, -0.2) is 4.79 Å². The molecule has 176 valence electrons. The Hall–Kier alpha value is -4.52. The summed E-state index contributed by atoms with van der Waals surface area (Å²) in [6.07, 6.45) is 0. The third-order valence-corrected chi connectivity index (χ3v) is 5.85. The van der Waals surface area contributed by atoms with Crippen LogP contribution in [-0.4, -0.2) is 14.2 Å². The maximum Gasteiger partial charge on any atom is 0.336 e. The van der Waals surface area contributed by atoms with Crippen molar-refractivity contribution in [1.29, 1.82) is 0 Å². The number of benzene rings is 3. The second-order valence-electron chi connectivity index (χ2n) is 7.96. The summed E-state index contributed by atoms with van der Waals surface area (Å²) in [5.41, 5.74) is 2.00. The summed E-state index contributed by atoms with van der Waals surface area (Å²) in [5, 5.41) is 1.18. The molecule has 0 atom stereocenters. The predicted molar refractivity (Wildman–Crippen MR) is 133 cm³/mol. The van der Waals surface area contributed by atoms with E-state index >= 15 is 0 Å². The molecule has 0 unspecified atom stereocenters. The van der Waals surface area contributed by atoms with Crippen molar-refractivity contribution in [2.45, 2.75) is 13.5 Å². The van der Waals surface area contributed by atoms with Crippen LogP contribution in [0.15, 0.2) is 85.2 Å². The highest BCUT2D eigenvalue weighted by atomic mass is 16.5. The summed E-state index contributed by atoms with van der Waals surface area (Å²) < 4.78 is 27.9. The first-order valence-electron chi connectivity index (χ1n) is 10.9. The molecule has 5 rings (SSSR count). The fourth-order valence-corrected chi connectivity index (χ4v) is 4.16. The Morgan fingerprint density at radius 1 is 0.771 bits per heavy atom. The average molecular weight is 470 g/mol. The molecule has 5 aromatic rings. The summed E-state index contributed by atoms with van der Waals surface area (Å²) in [4.78, 5) is 25.4. The fraction of sp³-hybridized carbons (Fsp3) is 0.143. The molecule has 35 heavy (non-hydrogen) atoms. The Morgan fingerprint density at radius 3 is 2.29 bits per heavy atom. The molecule has 7 heteroatoms. The molecule has 0 aliphatic carbocycles. The standard InChI is InChI=1S/C28H22O7/c1-16-27(21-6-4-5-7-23(21)32-3)28(30)22-11-9-19(14-25(22)34-16)33-15-17-12-26(29)35-24-13-18(31-2)8-10-20(17)24/h4-14H,15H2,1-3H3. The van der Waals surface area contributed by atoms with Crippen LogP contribution in [0.3, 0.4) is 0 Å². The lowest BCUT2D eigenvalue weighted by molar-refractivity contribution is 0.306. The lowest BCUT2D eigenvalue weighted by Crippen LogP contribution is -2.08. The first kappa shape index (κ1) is 22.3. The molecule has 7 nitrogen and oxygen atoms in total. The molecule has 0 saturated carbocycles. The van der Waals surface area contributed by atoms with Crippen LogP contribution in [0.4, 0.5) is 0 Å². The van der Waals surface area contributed by atoms with E-state index in [9.17, 15) is 9.59 Å². The molecular weight excluding hydrogens is 448 g/mol. The Balaban J connectivity index is 1.50. The Kier molecular flexibility index (Phi) is 5.74. The molecule has 0 spiro atoms. The molecule has 0 amide bonds. The number of hydrogen-bond acceptors (Lipinski definition) is 7. The van der Waals surface area contributed by atoms with Crippen LogP contribution >= 0.6 is 0 Å². The third-order valence-electron chi connectivity index (χ3n) is 5.85. The van der Waals surface area contributed by atoms with Gasteiger partial charge in [-0.2, -0.15) is 0 Å². The van der Waals surface area contributed by atoms with Gasteiger partial charge in [0.25, 0.3) is 0 Å². The molecule has 0 fully saturated rings. The van der Waals surface area contributed by atoms with Crippen LogP contribution in [0.25, 0.3) is 33.1 Å². The van der Waals surface area contributed by atoms with Gasteiger partial charge in [0.05, 0.1) is 25.2 Å². The second kappa shape index (κ2) is 9.02. The normalized spacial score (nSPS) is 11.1. The number of fused-ring (bicyclic) bond motifs is 2. The van der Waals surface area contributed by atoms with Crippen LogP contribution < -0.4 is 25.3 Å². The van der Waals surface area contributed by atoms with Crippen molar-refractivity contribution in [3.63, 3.8) is 0 Å². The topological polar surface area (TPSA) is 88.1 Å². The monoisotopic (exact) mass is 470 g/mol. The van der Waals surface area contributed by atoms with Crippen LogP contribution in [0.2, 0.25) is 0 Å². The summed E-state index contributed by atoms with van der Waals surface area (Å²) in [6, 6.07) is 19.1. The molecular formula is C28H22O7. The van der Waals surface area contributed by atoms with Gasteiger partial charge in [0.15, 0.2) is 0 Å². The van der Waals surface area contributed by atoms with E-state index in [0.29, 0.717) is 56.3 Å². The second-order valence-corrected chi connectivity index (χ2v) is 7.96. The fourth-order valence-electron chi connectivity index (χ4n) is 4.16. The van der Waals surface area contributed by atoms with Crippen molar-refractivity contribution in [3.8, 4) is 28.4 Å². The zero-order valence-corrected chi connectivity index (χ0v) is 19.4. The van der Waals surface area contributed by atoms with E-state index in [2.05, 4.69) is 0 Å². The third kappa shape index (κ3) is 4.12. The van der Waals surface area contributed by atoms with Crippen molar-refractivity contribution < 1.29 is 23.0 Å². The average Bonchev–Trinajstić information content (AvgIpc) is 2.86. The van der Waals surface area contributed by atoms with E-state index in [4.69, 9.17) is 23.0 Å². The minimum atomic E-state index is -0.478. The van der Waals surface area contributed by atoms with Crippen molar-refractivity contribution in [3.05, 3.63) is 98.7 Å². The van der Waals surface area contributed by atoms with E-state index in [1.807, 2.05) is 24.3 Å². The van der Waals surface area contributed by atoms with Gasteiger partial charge in [0.1, 0.15) is 40.8 Å². The van der Waals surface area contributed by atoms with E-state index < -0.39 is 5.63 Å². The molecule has 0 aliphatic heterocycles. The van der Waals surface area contributed by atoms with Crippen LogP contribution in [0.1, 0.15) is 11.3 Å². The van der Waals surface area contributed by atoms with Crippen LogP contribution in [0, 0.1) is 6.92 Å². The Morgan fingerprint density at radius 2 is 1.49 bits per heavy atom. The van der Waals surface area contributed by atoms with Crippen molar-refractivity contribution in [2.75, 3.05) is 14.2 Å². The van der Waals surface area contributed by atoms with E-state index in [0.717, 1.165) is 5.39 Å². The van der Waals surface area contributed by atoms with Crippen molar-refractivity contribution in [2.24, 2.45) is 0 Å². The van der Waals surface area contributed by atoms with Crippen molar-refractivity contribution in [1.82, 2.24) is 0 Å². The molecule has 2 aromatic heterocycles. The van der Waals surface area contributed by atoms with E-state index in [-0.39, 0.29) is 12.0 Å². The molecule has 0 bridgehead atoms. The number of para-hydroxylation sites is 1. The smallest absolute Gasteiger partial charge is 0.336 e. The molecule has 0 N–H and O–H groups in total. The Labute approximate surface area is 200 Å². The van der Waals surface area contributed by atoms with Crippen molar-refractivity contribution >= 4 is 21.9 Å². The quantitative estimate of drug-likeness (QED) is 0.304. The summed E-state index contributed by atoms with van der Waals surface area (Å²) in [6.45, 7) is 1.88. The van der Waals surface area contributed by atoms with Gasteiger partial charge in [-0.1, -0.05) is 18.2 Å². The van der Waals surface area contributed by atoms with Gasteiger partial charge in [0, 0.05) is 34.7 Å². The number of methoxy groups -OCH3 is 2. The van der Waals surface area contributed by atoms with Gasteiger partial charge in [-0.3, -0.25) is 4.79 Å². The van der Waals surface area contributed by atoms with Gasteiger partial charge in [0.2, 0.25) is 5.43 Å². The molecule has 0 radical (unpaired) electrons. The van der Waals surface area contributed by atoms with E-state index in [1.54, 1.807) is 57.5 Å². The molecule has 0 aliphatic rings. The first-order chi connectivity index (χ1) is 17.0. The van der Waals surface area contributed by atoms with E-state index in [1.165, 1.54) is 6.07 Å². The summed E-state index contributed by atoms with van der Waals surface area (Å²) in [5.74, 6) is 2.16. The van der Waals surface area contributed by atoms with Gasteiger partial charge >= 0.3 is 5.63 Å². The summed E-state index contributed by atoms with van der Waals surface area (Å²) in [7, 11) is 3.11. The largest absolute Gasteiger partial charge is 0.497 e. The highest BCUT2D eigenvalue weighted by molar-refractivity contribution is 5.85. The molecule has 3 aromatic carbocycles. The number of hydrogen-bond donors (Lipinski definition) is 0. The zero-order valence-electron chi connectivity index (χ0n) is 19.4. The van der Waals surface area contributed by atoms with Crippen LogP contribution in [-0.2, 0) is 6.61 Å². The molecule has 2 heterocycles. The number of ether oxygens (including phenoxy) is 3. The maximum absolute atomic E-state index is 13.3. The highest BCUT2D eigenvalue weighted by Crippen LogP contribution is 2.32. The van der Waals surface area contributed by atoms with Crippen LogP contribution in [0.5, 0.6) is 17.2 Å². The van der Waals surface area contributed by atoms with Gasteiger partial charge in [-0.15, -0.1) is 0 Å². The summed E-state index contributed by atoms with van der Waals surface area (Å²) >= 11 is 0. The lowest BCUT2D eigenvalue weighted by Gasteiger charge is -2.12. The predicted octanol–water partition coefficient (Wildman–Crippen LogP) is 5.47. The SMILES string of the molecule is COc1ccc2c(COc3ccc4c(=O)c(-c5ccccc5OC)c(C)oc4c3)cc(=O)oc2c1. The minimum Gasteiger partial charge on any atom is -0.497 e. The number of rotatable bonds is 6. The van der Waals surface area contributed by atoms with Gasteiger partial charge < -0.3 is 23.0 Å². The first-order valence-corrected chi connectivity index (χ1v) is 10.9. The Bertz CT molecular complexity index is 1680. The highest BCUT2D eigenvalue weighted by Gasteiger charge is 2.17. The minimum absolute atomic E-state index is 0.127. The lowest BCUT2D eigenvalue weighted by atomic mass is 10.0.